The van der Waals surface area contributed by atoms with Gasteiger partial charge in [-0.1, -0.05) is 168 Å². The quantitative estimate of drug-likeness (QED) is 0.198. The molecule has 46 heavy (non-hydrogen) atoms. The van der Waals surface area contributed by atoms with Crippen LogP contribution in [0.1, 0.15) is 108 Å². The SMILES string of the molecule is C=C(C)C.C=C(C)C1=C(c2ccc(C)cc2)CC(c2ccc(C)cc2)=N1.CC.CC.CC.Cc1ccccc1Cc1ccccc1. The Morgan fingerprint density at radius 1 is 0.587 bits per heavy atom. The van der Waals surface area contributed by atoms with E-state index in [2.05, 4.69) is 137 Å². The van der Waals surface area contributed by atoms with Gasteiger partial charge in [-0.3, -0.25) is 4.99 Å². The summed E-state index contributed by atoms with van der Waals surface area (Å²) in [6.45, 7) is 32.0. The van der Waals surface area contributed by atoms with Crippen molar-refractivity contribution in [1.29, 1.82) is 0 Å². The molecule has 1 heteroatoms. The maximum absolute atomic E-state index is 4.86. The summed E-state index contributed by atoms with van der Waals surface area (Å²) in [5.41, 5.74) is 14.8. The van der Waals surface area contributed by atoms with Crippen LogP contribution >= 0.6 is 0 Å². The van der Waals surface area contributed by atoms with Gasteiger partial charge in [-0.25, -0.2) is 0 Å². The topological polar surface area (TPSA) is 12.4 Å². The molecule has 0 unspecified atom stereocenters. The first-order chi connectivity index (χ1) is 22.1. The summed E-state index contributed by atoms with van der Waals surface area (Å²) in [5.74, 6) is 0. The number of hydrogen-bond acceptors (Lipinski definition) is 1. The maximum atomic E-state index is 4.86. The molecule has 0 atom stereocenters. The molecule has 1 heterocycles. The number of rotatable bonds is 5. The minimum Gasteiger partial charge on any atom is -0.252 e. The van der Waals surface area contributed by atoms with Crippen LogP contribution in [0.3, 0.4) is 0 Å². The lowest BCUT2D eigenvalue weighted by Gasteiger charge is -2.07. The van der Waals surface area contributed by atoms with Gasteiger partial charge in [0.15, 0.2) is 0 Å². The van der Waals surface area contributed by atoms with Gasteiger partial charge < -0.3 is 0 Å². The van der Waals surface area contributed by atoms with Crippen LogP contribution in [-0.2, 0) is 6.42 Å². The number of hydrogen-bond donors (Lipinski definition) is 0. The number of allylic oxidation sites excluding steroid dienone is 3. The Labute approximate surface area is 283 Å². The molecular weight excluding hydrogens is 555 g/mol. The van der Waals surface area contributed by atoms with Gasteiger partial charge in [-0.15, -0.1) is 6.58 Å². The molecule has 4 aromatic carbocycles. The van der Waals surface area contributed by atoms with E-state index in [0.717, 1.165) is 29.8 Å². The van der Waals surface area contributed by atoms with Crippen LogP contribution < -0.4 is 0 Å². The van der Waals surface area contributed by atoms with Crippen molar-refractivity contribution in [3.63, 3.8) is 0 Å². The smallest absolute Gasteiger partial charge is 0.0698 e. The Kier molecular flexibility index (Phi) is 21.8. The summed E-state index contributed by atoms with van der Waals surface area (Å²) < 4.78 is 0. The highest BCUT2D eigenvalue weighted by Gasteiger charge is 2.20. The van der Waals surface area contributed by atoms with E-state index < -0.39 is 0 Å². The molecule has 0 aliphatic carbocycles. The molecule has 4 aromatic rings. The van der Waals surface area contributed by atoms with Crippen molar-refractivity contribution < 1.29 is 0 Å². The second-order valence-corrected chi connectivity index (χ2v) is 10.9. The zero-order valence-electron chi connectivity index (χ0n) is 31.1. The third-order valence-corrected chi connectivity index (χ3v) is 6.56. The van der Waals surface area contributed by atoms with Crippen molar-refractivity contribution >= 4 is 11.3 Å². The molecule has 0 saturated heterocycles. The Bertz CT molecular complexity index is 1480. The molecule has 0 spiro atoms. The van der Waals surface area contributed by atoms with Crippen molar-refractivity contribution in [3.05, 3.63) is 172 Å². The third-order valence-electron chi connectivity index (χ3n) is 6.56. The Balaban J connectivity index is 0.000000724. The Morgan fingerprint density at radius 2 is 1.02 bits per heavy atom. The van der Waals surface area contributed by atoms with Crippen molar-refractivity contribution in [2.45, 2.75) is 95.9 Å². The number of aliphatic imine (C=N–C) groups is 1. The van der Waals surface area contributed by atoms with Crippen molar-refractivity contribution in [3.8, 4) is 0 Å². The fraction of sp³-hybridized carbons (Fsp3) is 0.311. The van der Waals surface area contributed by atoms with Crippen molar-refractivity contribution in [2.75, 3.05) is 0 Å². The molecule has 0 bridgehead atoms. The summed E-state index contributed by atoms with van der Waals surface area (Å²) in [4.78, 5) is 4.86. The van der Waals surface area contributed by atoms with Gasteiger partial charge in [-0.05, 0) is 86.9 Å². The fourth-order valence-corrected chi connectivity index (χ4v) is 4.38. The van der Waals surface area contributed by atoms with E-state index in [4.69, 9.17) is 4.99 Å². The lowest BCUT2D eigenvalue weighted by molar-refractivity contribution is 1.16. The first-order valence-corrected chi connectivity index (χ1v) is 16.9. The molecule has 0 fully saturated rings. The highest BCUT2D eigenvalue weighted by molar-refractivity contribution is 6.10. The predicted octanol–water partition coefficient (Wildman–Crippen LogP) is 13.7. The molecule has 1 nitrogen and oxygen atoms in total. The van der Waals surface area contributed by atoms with Gasteiger partial charge in [0.2, 0.25) is 0 Å². The van der Waals surface area contributed by atoms with E-state index in [1.807, 2.05) is 62.3 Å². The van der Waals surface area contributed by atoms with E-state index in [0.29, 0.717) is 0 Å². The van der Waals surface area contributed by atoms with E-state index in [9.17, 15) is 0 Å². The summed E-state index contributed by atoms with van der Waals surface area (Å²) in [5, 5.41) is 0. The average molecular weight is 616 g/mol. The molecule has 1 aliphatic heterocycles. The predicted molar refractivity (Wildman–Crippen MR) is 210 cm³/mol. The standard InChI is InChI=1S/C21H21N.C14H14.C4H8.3C2H6/c1-14(2)21-19(17-9-5-15(3)6-10-17)13-20(22-21)18-11-7-16(4)8-12-18;1-12-7-5-6-10-14(12)11-13-8-3-2-4-9-13;1-4(2)3;3*1-2/h5-12H,1,13H2,2-4H3;2-10H,11H2,1H3;1H2,2-3H3;3*1-2H3. The zero-order chi connectivity index (χ0) is 35.1. The molecule has 1 aliphatic rings. The second-order valence-electron chi connectivity index (χ2n) is 10.9. The number of benzene rings is 4. The summed E-state index contributed by atoms with van der Waals surface area (Å²) in [7, 11) is 0. The Hall–Kier alpha value is -4.23. The molecule has 0 aromatic heterocycles. The van der Waals surface area contributed by atoms with Crippen molar-refractivity contribution in [2.24, 2.45) is 4.99 Å². The van der Waals surface area contributed by atoms with Gasteiger partial charge in [0.1, 0.15) is 0 Å². The second kappa shape index (κ2) is 24.1. The molecule has 0 N–H and O–H groups in total. The van der Waals surface area contributed by atoms with E-state index >= 15 is 0 Å². The van der Waals surface area contributed by atoms with Crippen molar-refractivity contribution in [1.82, 2.24) is 0 Å². The van der Waals surface area contributed by atoms with Crippen LogP contribution in [0.25, 0.3) is 5.57 Å². The van der Waals surface area contributed by atoms with Crippen LogP contribution in [0.2, 0.25) is 0 Å². The van der Waals surface area contributed by atoms with Gasteiger partial charge in [0.25, 0.3) is 0 Å². The van der Waals surface area contributed by atoms with E-state index in [1.54, 1.807) is 0 Å². The van der Waals surface area contributed by atoms with Crippen LogP contribution in [0.4, 0.5) is 0 Å². The van der Waals surface area contributed by atoms with Crippen LogP contribution in [0, 0.1) is 20.8 Å². The largest absolute Gasteiger partial charge is 0.252 e. The fourth-order valence-electron chi connectivity index (χ4n) is 4.38. The van der Waals surface area contributed by atoms with E-state index in [1.165, 1.54) is 50.1 Å². The average Bonchev–Trinajstić information content (AvgIpc) is 3.52. The van der Waals surface area contributed by atoms with Gasteiger partial charge in [0.05, 0.1) is 11.4 Å². The molecule has 0 saturated carbocycles. The minimum atomic E-state index is 0.869. The number of nitrogens with zero attached hydrogens (tertiary/aromatic N) is 1. The Morgan fingerprint density at radius 3 is 1.48 bits per heavy atom. The number of aryl methyl sites for hydroxylation is 3. The highest BCUT2D eigenvalue weighted by Crippen LogP contribution is 2.34. The summed E-state index contributed by atoms with van der Waals surface area (Å²) in [6.07, 6.45) is 1.90. The zero-order valence-corrected chi connectivity index (χ0v) is 31.1. The molecular formula is C45H61N. The van der Waals surface area contributed by atoms with E-state index in [-0.39, 0.29) is 0 Å². The lowest BCUT2D eigenvalue weighted by atomic mass is 9.96. The summed E-state index contributed by atoms with van der Waals surface area (Å²) >= 11 is 0. The first-order valence-electron chi connectivity index (χ1n) is 16.9. The van der Waals surface area contributed by atoms with Gasteiger partial charge in [0, 0.05) is 6.42 Å². The van der Waals surface area contributed by atoms with Crippen LogP contribution in [-0.4, -0.2) is 5.71 Å². The highest BCUT2D eigenvalue weighted by atomic mass is 14.8. The van der Waals surface area contributed by atoms with Gasteiger partial charge in [-0.2, -0.15) is 0 Å². The third kappa shape index (κ3) is 15.2. The van der Waals surface area contributed by atoms with Crippen LogP contribution in [0.5, 0.6) is 0 Å². The monoisotopic (exact) mass is 615 g/mol. The molecule has 0 radical (unpaired) electrons. The van der Waals surface area contributed by atoms with Crippen LogP contribution in [0.15, 0.2) is 138 Å². The first kappa shape index (κ1) is 41.8. The lowest BCUT2D eigenvalue weighted by Crippen LogP contribution is -1.98. The minimum absolute atomic E-state index is 0.869. The molecule has 246 valence electrons. The molecule has 5 rings (SSSR count). The van der Waals surface area contributed by atoms with Gasteiger partial charge >= 0.3 is 0 Å². The molecule has 0 amide bonds. The maximum Gasteiger partial charge on any atom is 0.0698 e. The summed E-state index contributed by atoms with van der Waals surface area (Å²) in [6, 6.07) is 36.4. The normalized spacial score (nSPS) is 10.8.